The van der Waals surface area contributed by atoms with Crippen LogP contribution >= 0.6 is 0 Å². The molecule has 3 heterocycles. The van der Waals surface area contributed by atoms with Crippen LogP contribution in [0.1, 0.15) is 80.9 Å². The molecule has 2 aromatic rings. The molecule has 0 radical (unpaired) electrons. The summed E-state index contributed by atoms with van der Waals surface area (Å²) in [4.78, 5) is 31.5. The molecular weight excluding hydrogens is 642 g/mol. The van der Waals surface area contributed by atoms with Crippen LogP contribution in [0.15, 0.2) is 42.5 Å². The van der Waals surface area contributed by atoms with Gasteiger partial charge in [-0.3, -0.25) is 14.5 Å². The molecule has 3 aliphatic heterocycles. The first-order chi connectivity index (χ1) is 23.1. The van der Waals surface area contributed by atoms with Gasteiger partial charge in [-0.2, -0.15) is 13.2 Å². The maximum Gasteiger partial charge on any atom is 0.416 e. The number of methoxy groups -OCH3 is 1. The number of aliphatic carboxylic acids is 1. The fourth-order valence-corrected chi connectivity index (χ4v) is 8.76. The zero-order valence-electron chi connectivity index (χ0n) is 28.4. The number of aliphatic hydroxyl groups is 1. The van der Waals surface area contributed by atoms with Gasteiger partial charge in [-0.1, -0.05) is 31.0 Å². The van der Waals surface area contributed by atoms with Gasteiger partial charge in [-0.25, -0.2) is 4.39 Å². The maximum atomic E-state index is 17.7. The smallest absolute Gasteiger partial charge is 0.416 e. The molecule has 268 valence electrons. The average molecular weight is 690 g/mol. The Balaban J connectivity index is 1.34. The van der Waals surface area contributed by atoms with Crippen LogP contribution in [0.4, 0.5) is 23.2 Å². The molecule has 1 aliphatic carbocycles. The van der Waals surface area contributed by atoms with Gasteiger partial charge >= 0.3 is 12.1 Å². The minimum absolute atomic E-state index is 0.0296. The van der Waals surface area contributed by atoms with Gasteiger partial charge in [-0.15, -0.1) is 0 Å². The SMILES string of the molecule is COc1ccc([C@@H]2CN(C3CCCC3)C[C@@]2(F)C(=O)N2C[C@H](c3ccc(C(F)(F)F)cc3N3CCC(C(=O)O)CC3)[C@@H](C(C)(C)O)C2)cc1. The lowest BCUT2D eigenvalue weighted by Gasteiger charge is -2.37. The van der Waals surface area contributed by atoms with Crippen molar-refractivity contribution in [1.82, 2.24) is 9.80 Å². The fourth-order valence-electron chi connectivity index (χ4n) is 8.76. The quantitative estimate of drug-likeness (QED) is 0.325. The molecule has 49 heavy (non-hydrogen) atoms. The molecule has 1 amide bonds. The van der Waals surface area contributed by atoms with Crippen LogP contribution < -0.4 is 9.64 Å². The highest BCUT2D eigenvalue weighted by molar-refractivity contribution is 5.88. The predicted octanol–water partition coefficient (Wildman–Crippen LogP) is 6.08. The molecule has 3 saturated heterocycles. The molecule has 0 bridgehead atoms. The Morgan fingerprint density at radius 3 is 2.16 bits per heavy atom. The zero-order valence-corrected chi connectivity index (χ0v) is 28.4. The summed E-state index contributed by atoms with van der Waals surface area (Å²) in [5.74, 6) is -3.47. The highest BCUT2D eigenvalue weighted by atomic mass is 19.4. The normalized spacial score (nSPS) is 27.6. The summed E-state index contributed by atoms with van der Waals surface area (Å²) in [7, 11) is 1.55. The summed E-state index contributed by atoms with van der Waals surface area (Å²) in [6, 6.07) is 10.9. The van der Waals surface area contributed by atoms with E-state index in [-0.39, 0.29) is 51.6 Å². The zero-order chi connectivity index (χ0) is 35.3. The number of piperidine rings is 1. The minimum atomic E-state index is -4.61. The van der Waals surface area contributed by atoms with Gasteiger partial charge in [0, 0.05) is 68.8 Å². The number of carbonyl (C=O) groups is 2. The molecule has 2 aromatic carbocycles. The van der Waals surface area contributed by atoms with Crippen LogP contribution in [0, 0.1) is 11.8 Å². The third-order valence-corrected chi connectivity index (χ3v) is 11.6. The first-order valence-corrected chi connectivity index (χ1v) is 17.4. The van der Waals surface area contributed by atoms with E-state index in [9.17, 15) is 33.0 Å². The Morgan fingerprint density at radius 2 is 1.59 bits per heavy atom. The first-order valence-electron chi connectivity index (χ1n) is 17.4. The molecule has 4 atom stereocenters. The number of carboxylic acids is 1. The second-order valence-corrected chi connectivity index (χ2v) is 15.0. The van der Waals surface area contributed by atoms with Crippen LogP contribution in [-0.2, 0) is 15.8 Å². The van der Waals surface area contributed by atoms with Gasteiger partial charge in [0.2, 0.25) is 5.67 Å². The Bertz CT molecular complexity index is 1520. The van der Waals surface area contributed by atoms with Crippen molar-refractivity contribution in [2.75, 3.05) is 51.3 Å². The van der Waals surface area contributed by atoms with Crippen LogP contribution in [0.25, 0.3) is 0 Å². The lowest BCUT2D eigenvalue weighted by Crippen LogP contribution is -2.50. The number of ether oxygens (including phenoxy) is 1. The van der Waals surface area contributed by atoms with Crippen molar-refractivity contribution < 1.29 is 42.1 Å². The average Bonchev–Trinajstić information content (AvgIpc) is 3.83. The van der Waals surface area contributed by atoms with Crippen LogP contribution in [0.2, 0.25) is 0 Å². The summed E-state index contributed by atoms with van der Waals surface area (Å²) < 4.78 is 65.0. The Hall–Kier alpha value is -3.38. The van der Waals surface area contributed by atoms with Gasteiger partial charge in [0.25, 0.3) is 5.91 Å². The summed E-state index contributed by atoms with van der Waals surface area (Å²) in [5.41, 5.74) is -2.89. The molecule has 12 heteroatoms. The molecule has 6 rings (SSSR count). The fraction of sp³-hybridized carbons (Fsp3) is 0.622. The summed E-state index contributed by atoms with van der Waals surface area (Å²) in [5, 5.41) is 20.9. The van der Waals surface area contributed by atoms with Crippen LogP contribution in [0.5, 0.6) is 5.75 Å². The maximum absolute atomic E-state index is 17.7. The van der Waals surface area contributed by atoms with Gasteiger partial charge in [0.1, 0.15) is 5.75 Å². The number of anilines is 1. The molecular formula is C37H47F4N3O5. The number of benzene rings is 2. The molecule has 2 N–H and O–H groups in total. The van der Waals surface area contributed by atoms with Gasteiger partial charge in [0.15, 0.2) is 0 Å². The second-order valence-electron chi connectivity index (χ2n) is 15.0. The highest BCUT2D eigenvalue weighted by Crippen LogP contribution is 2.48. The summed E-state index contributed by atoms with van der Waals surface area (Å²) in [6.07, 6.45) is -0.0181. The lowest BCUT2D eigenvalue weighted by molar-refractivity contribution is -0.144. The summed E-state index contributed by atoms with van der Waals surface area (Å²) >= 11 is 0. The van der Waals surface area contributed by atoms with Crippen molar-refractivity contribution in [2.24, 2.45) is 11.8 Å². The van der Waals surface area contributed by atoms with E-state index in [1.807, 2.05) is 0 Å². The second kappa shape index (κ2) is 13.4. The number of likely N-dealkylation sites (tertiary alicyclic amines) is 2. The number of nitrogens with zero attached hydrogens (tertiary/aromatic N) is 3. The third kappa shape index (κ3) is 7.00. The number of alkyl halides is 4. The van der Waals surface area contributed by atoms with Gasteiger partial charge in [0.05, 0.1) is 24.2 Å². The predicted molar refractivity (Wildman–Crippen MR) is 177 cm³/mol. The molecule has 0 unspecified atom stereocenters. The summed E-state index contributed by atoms with van der Waals surface area (Å²) in [6.45, 7) is 4.14. The number of carbonyl (C=O) groups excluding carboxylic acids is 1. The molecule has 1 saturated carbocycles. The first kappa shape index (κ1) is 35.4. The Labute approximate surface area is 285 Å². The lowest BCUT2D eigenvalue weighted by atomic mass is 9.78. The van der Waals surface area contributed by atoms with Crippen molar-refractivity contribution in [3.63, 3.8) is 0 Å². The molecule has 8 nitrogen and oxygen atoms in total. The van der Waals surface area contributed by atoms with E-state index in [1.54, 1.807) is 50.1 Å². The van der Waals surface area contributed by atoms with Crippen LogP contribution in [0.3, 0.4) is 0 Å². The third-order valence-electron chi connectivity index (χ3n) is 11.6. The van der Waals surface area contributed by atoms with E-state index in [2.05, 4.69) is 4.90 Å². The Morgan fingerprint density at radius 1 is 0.939 bits per heavy atom. The van der Waals surface area contributed by atoms with E-state index >= 15 is 4.39 Å². The molecule has 0 spiro atoms. The minimum Gasteiger partial charge on any atom is -0.497 e. The number of carboxylic acid groups (broad SMARTS) is 1. The number of rotatable bonds is 8. The van der Waals surface area contributed by atoms with E-state index in [4.69, 9.17) is 4.74 Å². The largest absolute Gasteiger partial charge is 0.497 e. The number of amides is 1. The standard InChI is InChI=1S/C37H47F4N3O5/c1-35(2,48)31-21-43(19-29(31)28-13-10-25(37(39,40)41)18-32(28)42-16-14-24(15-17-42)33(45)46)34(47)36(38)22-44(26-6-4-5-7-26)20-30(36)23-8-11-27(49-3)12-9-23/h8-13,18,24,26,29-31,48H,4-7,14-17,19-22H2,1-3H3,(H,45,46)/t29-,30+,31+,36+/m1/s1. The van der Waals surface area contributed by atoms with Gasteiger partial charge in [-0.05, 0) is 74.9 Å². The van der Waals surface area contributed by atoms with E-state index in [0.29, 0.717) is 29.1 Å². The Kier molecular flexibility index (Phi) is 9.69. The topological polar surface area (TPSA) is 93.6 Å². The number of hydrogen-bond donors (Lipinski definition) is 2. The van der Waals surface area contributed by atoms with Crippen molar-refractivity contribution in [1.29, 1.82) is 0 Å². The number of hydrogen-bond acceptors (Lipinski definition) is 6. The van der Waals surface area contributed by atoms with Crippen molar-refractivity contribution in [3.8, 4) is 5.75 Å². The van der Waals surface area contributed by atoms with E-state index < -0.39 is 58.6 Å². The van der Waals surface area contributed by atoms with Crippen molar-refractivity contribution in [2.45, 2.75) is 87.7 Å². The molecule has 4 aliphatic rings. The van der Waals surface area contributed by atoms with Crippen LogP contribution in [-0.4, -0.2) is 95.6 Å². The number of halogens is 4. The van der Waals surface area contributed by atoms with E-state index in [1.165, 1.54) is 11.0 Å². The van der Waals surface area contributed by atoms with Gasteiger partial charge < -0.3 is 24.7 Å². The van der Waals surface area contributed by atoms with Crippen molar-refractivity contribution >= 4 is 17.6 Å². The highest BCUT2D eigenvalue weighted by Gasteiger charge is 2.58. The molecule has 4 fully saturated rings. The monoisotopic (exact) mass is 689 g/mol. The van der Waals surface area contributed by atoms with Crippen molar-refractivity contribution in [3.05, 3.63) is 59.2 Å². The van der Waals surface area contributed by atoms with E-state index in [0.717, 1.165) is 37.8 Å². The molecule has 0 aromatic heterocycles.